The van der Waals surface area contributed by atoms with E-state index in [1.807, 2.05) is 19.1 Å². The summed E-state index contributed by atoms with van der Waals surface area (Å²) in [6.07, 6.45) is 0. The normalized spacial score (nSPS) is 27.3. The smallest absolute Gasteiger partial charge is 0.312 e. The summed E-state index contributed by atoms with van der Waals surface area (Å²) in [7, 11) is 1.57. The maximum Gasteiger partial charge on any atom is 0.312 e. The van der Waals surface area contributed by atoms with Gasteiger partial charge in [0.1, 0.15) is 17.0 Å². The number of benzene rings is 2. The van der Waals surface area contributed by atoms with Gasteiger partial charge in [0.2, 0.25) is 0 Å². The summed E-state index contributed by atoms with van der Waals surface area (Å²) in [5.74, 6) is -1.38. The van der Waals surface area contributed by atoms with Crippen LogP contribution in [-0.2, 0) is 14.3 Å². The monoisotopic (exact) mass is 450 g/mol. The fraction of sp³-hybridized carbons (Fsp3) is 0.400. The number of hydrogen-bond donors (Lipinski definition) is 1. The largest absolute Gasteiger partial charge is 0.497 e. The number of fused-ring (bicyclic) bond motifs is 6. The molecule has 2 aromatic rings. The second-order valence-electron chi connectivity index (χ2n) is 8.88. The van der Waals surface area contributed by atoms with Gasteiger partial charge in [-0.15, -0.1) is 0 Å². The molecule has 0 bridgehead atoms. The van der Waals surface area contributed by atoms with Gasteiger partial charge in [0.15, 0.2) is 0 Å². The Labute approximate surface area is 191 Å². The molecule has 2 aromatic carbocycles. The number of hydrogen-bond acceptors (Lipinski definition) is 6. The molecule has 0 aromatic heterocycles. The number of nitrogens with one attached hydrogen (secondary N) is 1. The molecule has 3 heterocycles. The number of carbonyl (C=O) groups is 3. The Bertz CT molecular complexity index is 1180. The van der Waals surface area contributed by atoms with E-state index in [-0.39, 0.29) is 19.1 Å². The van der Waals surface area contributed by atoms with Crippen LogP contribution in [0.3, 0.4) is 0 Å². The van der Waals surface area contributed by atoms with Gasteiger partial charge in [-0.3, -0.25) is 14.4 Å². The van der Waals surface area contributed by atoms with Crippen molar-refractivity contribution in [3.05, 3.63) is 53.1 Å². The minimum absolute atomic E-state index is 0.168. The number of aryl methyl sites for hydroxylation is 1. The van der Waals surface area contributed by atoms with Crippen molar-refractivity contribution in [2.75, 3.05) is 25.6 Å². The van der Waals surface area contributed by atoms with E-state index in [0.29, 0.717) is 22.7 Å². The average molecular weight is 450 g/mol. The lowest BCUT2D eigenvalue weighted by Crippen LogP contribution is -2.57. The van der Waals surface area contributed by atoms with Crippen molar-refractivity contribution in [1.82, 2.24) is 4.90 Å². The van der Waals surface area contributed by atoms with Crippen molar-refractivity contribution >= 4 is 23.5 Å². The zero-order chi connectivity index (χ0) is 23.5. The highest BCUT2D eigenvalue weighted by molar-refractivity contribution is 6.13. The molecule has 3 unspecified atom stereocenters. The molecule has 0 saturated carbocycles. The first-order valence-corrected chi connectivity index (χ1v) is 11.0. The molecule has 33 heavy (non-hydrogen) atoms. The molecule has 3 aliphatic rings. The van der Waals surface area contributed by atoms with Crippen molar-refractivity contribution in [2.45, 2.75) is 32.4 Å². The number of nitrogens with zero attached hydrogens (tertiary/aromatic N) is 1. The topological polar surface area (TPSA) is 94.2 Å². The van der Waals surface area contributed by atoms with Crippen molar-refractivity contribution in [3.63, 3.8) is 0 Å². The molecule has 8 nitrogen and oxygen atoms in total. The Morgan fingerprint density at radius 1 is 1.24 bits per heavy atom. The summed E-state index contributed by atoms with van der Waals surface area (Å²) < 4.78 is 16.8. The Kier molecular flexibility index (Phi) is 4.84. The van der Waals surface area contributed by atoms with Crippen molar-refractivity contribution in [1.29, 1.82) is 0 Å². The Hall–Kier alpha value is -3.55. The molecule has 1 fully saturated rings. The van der Waals surface area contributed by atoms with Crippen LogP contribution in [0.5, 0.6) is 11.5 Å². The molecule has 0 aliphatic carbocycles. The molecule has 0 spiro atoms. The molecule has 3 aliphatic heterocycles. The predicted molar refractivity (Wildman–Crippen MR) is 119 cm³/mol. The zero-order valence-corrected chi connectivity index (χ0v) is 19.0. The SMILES string of the molecule is CCOC(=O)C1C2COc3cc(OC)ccc3C2N2C(=O)c3cc(C)ccc3NC(=O)[C@@]12C. The van der Waals surface area contributed by atoms with Crippen LogP contribution in [0, 0.1) is 18.8 Å². The Morgan fingerprint density at radius 2 is 2.03 bits per heavy atom. The molecule has 0 radical (unpaired) electrons. The minimum atomic E-state index is -1.46. The second kappa shape index (κ2) is 7.50. The van der Waals surface area contributed by atoms with Crippen LogP contribution in [0.2, 0.25) is 0 Å². The fourth-order valence-corrected chi connectivity index (χ4v) is 5.53. The molecule has 2 amide bonds. The third-order valence-corrected chi connectivity index (χ3v) is 7.06. The van der Waals surface area contributed by atoms with E-state index >= 15 is 0 Å². The summed E-state index contributed by atoms with van der Waals surface area (Å²) in [6.45, 7) is 5.61. The van der Waals surface area contributed by atoms with E-state index in [9.17, 15) is 14.4 Å². The van der Waals surface area contributed by atoms with Gasteiger partial charge in [-0.05, 0) is 45.0 Å². The van der Waals surface area contributed by atoms with Gasteiger partial charge in [0.25, 0.3) is 11.8 Å². The number of anilines is 1. The van der Waals surface area contributed by atoms with Crippen LogP contribution in [0.4, 0.5) is 5.69 Å². The van der Waals surface area contributed by atoms with Gasteiger partial charge in [-0.25, -0.2) is 0 Å². The highest BCUT2D eigenvalue weighted by Gasteiger charge is 2.67. The first-order chi connectivity index (χ1) is 15.8. The number of carbonyl (C=O) groups excluding carboxylic acids is 3. The van der Waals surface area contributed by atoms with Gasteiger partial charge in [-0.1, -0.05) is 11.6 Å². The van der Waals surface area contributed by atoms with E-state index in [1.54, 1.807) is 50.1 Å². The third kappa shape index (κ3) is 2.93. The molecule has 1 N–H and O–H groups in total. The number of amides is 2. The zero-order valence-electron chi connectivity index (χ0n) is 19.0. The second-order valence-corrected chi connectivity index (χ2v) is 8.88. The summed E-state index contributed by atoms with van der Waals surface area (Å²) in [4.78, 5) is 42.6. The van der Waals surface area contributed by atoms with Gasteiger partial charge in [0.05, 0.1) is 43.5 Å². The molecular formula is C25H26N2O6. The van der Waals surface area contributed by atoms with E-state index in [4.69, 9.17) is 14.2 Å². The maximum absolute atomic E-state index is 14.1. The van der Waals surface area contributed by atoms with Gasteiger partial charge < -0.3 is 24.4 Å². The average Bonchev–Trinajstić information content (AvgIpc) is 3.05. The molecule has 5 rings (SSSR count). The molecular weight excluding hydrogens is 424 g/mol. The standard InChI is InChI=1S/C25H26N2O6/c1-5-32-23(29)20-17-12-33-19-11-14(31-4)7-8-15(19)21(17)27-22(28)16-10-13(2)6-9-18(16)26-24(30)25(20,27)3/h6-11,17,20-21H,5,12H2,1-4H3,(H,26,30)/t17?,20?,21?,25-/m1/s1. The summed E-state index contributed by atoms with van der Waals surface area (Å²) in [5.41, 5.74) is 1.01. The lowest BCUT2D eigenvalue weighted by molar-refractivity contribution is -0.155. The third-order valence-electron chi connectivity index (χ3n) is 7.06. The number of esters is 1. The highest BCUT2D eigenvalue weighted by atomic mass is 16.5. The first kappa shape index (κ1) is 21.3. The van der Waals surface area contributed by atoms with Crippen LogP contribution in [0.1, 0.15) is 41.4 Å². The molecule has 4 atom stereocenters. The molecule has 172 valence electrons. The van der Waals surface area contributed by atoms with Crippen molar-refractivity contribution < 1.29 is 28.6 Å². The quantitative estimate of drug-likeness (QED) is 0.723. The Morgan fingerprint density at radius 3 is 2.76 bits per heavy atom. The van der Waals surface area contributed by atoms with Crippen LogP contribution >= 0.6 is 0 Å². The van der Waals surface area contributed by atoms with E-state index in [1.165, 1.54) is 0 Å². The van der Waals surface area contributed by atoms with E-state index < -0.39 is 35.3 Å². The fourth-order valence-electron chi connectivity index (χ4n) is 5.53. The van der Waals surface area contributed by atoms with Crippen LogP contribution in [0.15, 0.2) is 36.4 Å². The number of rotatable bonds is 3. The van der Waals surface area contributed by atoms with Crippen molar-refractivity contribution in [2.24, 2.45) is 11.8 Å². The molecule has 1 saturated heterocycles. The summed E-state index contributed by atoms with van der Waals surface area (Å²) in [5, 5.41) is 2.90. The maximum atomic E-state index is 14.1. The van der Waals surface area contributed by atoms with Gasteiger partial charge >= 0.3 is 5.97 Å². The number of ether oxygens (including phenoxy) is 3. The predicted octanol–water partition coefficient (Wildman–Crippen LogP) is 3.10. The minimum Gasteiger partial charge on any atom is -0.497 e. The van der Waals surface area contributed by atoms with Gasteiger partial charge in [0, 0.05) is 17.5 Å². The highest BCUT2D eigenvalue weighted by Crippen LogP contribution is 2.57. The van der Waals surface area contributed by atoms with Crippen molar-refractivity contribution in [3.8, 4) is 11.5 Å². The summed E-state index contributed by atoms with van der Waals surface area (Å²) >= 11 is 0. The lowest BCUT2D eigenvalue weighted by Gasteiger charge is -2.38. The van der Waals surface area contributed by atoms with E-state index in [2.05, 4.69) is 5.32 Å². The van der Waals surface area contributed by atoms with Crippen LogP contribution < -0.4 is 14.8 Å². The lowest BCUT2D eigenvalue weighted by atomic mass is 9.77. The van der Waals surface area contributed by atoms with E-state index in [0.717, 1.165) is 11.1 Å². The van der Waals surface area contributed by atoms with Gasteiger partial charge in [-0.2, -0.15) is 0 Å². The summed E-state index contributed by atoms with van der Waals surface area (Å²) in [6, 6.07) is 10.2. The Balaban J connectivity index is 1.74. The first-order valence-electron chi connectivity index (χ1n) is 11.0. The number of methoxy groups -OCH3 is 1. The van der Waals surface area contributed by atoms with Crippen LogP contribution in [0.25, 0.3) is 0 Å². The van der Waals surface area contributed by atoms with Crippen LogP contribution in [-0.4, -0.2) is 48.5 Å². The molecule has 8 heteroatoms.